The molecule has 0 aliphatic heterocycles. The number of carboxylic acids is 1. The van der Waals surface area contributed by atoms with Crippen molar-refractivity contribution in [3.8, 4) is 0 Å². The van der Waals surface area contributed by atoms with Gasteiger partial charge in [0.2, 0.25) is 0 Å². The van der Waals surface area contributed by atoms with E-state index in [2.05, 4.69) is 25.9 Å². The maximum atomic E-state index is 12.3. The highest BCUT2D eigenvalue weighted by Crippen LogP contribution is 2.24. The van der Waals surface area contributed by atoms with Crippen LogP contribution in [0, 0.1) is 0 Å². The van der Waals surface area contributed by atoms with Crippen molar-refractivity contribution in [2.24, 2.45) is 0 Å². The molecule has 7 heteroatoms. The van der Waals surface area contributed by atoms with Gasteiger partial charge in [0, 0.05) is 21.9 Å². The Morgan fingerprint density at radius 3 is 3.00 bits per heavy atom. The molecule has 20 heavy (non-hydrogen) atoms. The first kappa shape index (κ1) is 12.9. The molecule has 3 aromatic rings. The van der Waals surface area contributed by atoms with E-state index in [0.29, 0.717) is 11.0 Å². The molecule has 2 N–H and O–H groups in total. The molecule has 0 spiro atoms. The van der Waals surface area contributed by atoms with Gasteiger partial charge in [-0.2, -0.15) is 0 Å². The fourth-order valence-electron chi connectivity index (χ4n) is 2.14. The van der Waals surface area contributed by atoms with Gasteiger partial charge < -0.3 is 10.1 Å². The summed E-state index contributed by atoms with van der Waals surface area (Å²) in [7, 11) is 0. The third-order valence-corrected chi connectivity index (χ3v) is 3.59. The zero-order chi connectivity index (χ0) is 14.3. The zero-order valence-electron chi connectivity index (χ0n) is 10.3. The first-order chi connectivity index (χ1) is 9.56. The van der Waals surface area contributed by atoms with Gasteiger partial charge in [-0.25, -0.2) is 4.98 Å². The Bertz CT molecular complexity index is 882. The number of fused-ring (bicyclic) bond motifs is 3. The van der Waals surface area contributed by atoms with E-state index in [1.807, 2.05) is 18.2 Å². The van der Waals surface area contributed by atoms with Gasteiger partial charge in [0.05, 0.1) is 12.7 Å². The summed E-state index contributed by atoms with van der Waals surface area (Å²) in [4.78, 5) is 30.2. The van der Waals surface area contributed by atoms with Crippen LogP contribution in [0.2, 0.25) is 0 Å². The molecule has 1 aromatic carbocycles. The van der Waals surface area contributed by atoms with Gasteiger partial charge in [0.15, 0.2) is 0 Å². The maximum absolute atomic E-state index is 12.3. The van der Waals surface area contributed by atoms with Crippen molar-refractivity contribution in [3.63, 3.8) is 0 Å². The SMILES string of the molecule is O=C(O)CCn1cnc2c([nH]c3ccc(Br)cc32)c1=O. The fraction of sp³-hybridized carbons (Fsp3) is 0.154. The third kappa shape index (κ3) is 2.09. The number of carboxylic acid groups (broad SMARTS) is 1. The summed E-state index contributed by atoms with van der Waals surface area (Å²) in [5.41, 5.74) is 1.55. The molecule has 2 aromatic heterocycles. The maximum Gasteiger partial charge on any atom is 0.305 e. The molecule has 0 saturated carbocycles. The molecule has 0 saturated heterocycles. The van der Waals surface area contributed by atoms with Crippen LogP contribution in [0.25, 0.3) is 21.9 Å². The molecule has 3 rings (SSSR count). The topological polar surface area (TPSA) is 88.0 Å². The van der Waals surface area contributed by atoms with Crippen molar-refractivity contribution in [3.05, 3.63) is 39.4 Å². The van der Waals surface area contributed by atoms with Crippen LogP contribution < -0.4 is 5.56 Å². The molecular formula is C13H10BrN3O3. The Balaban J connectivity index is 2.20. The van der Waals surface area contributed by atoms with Crippen LogP contribution in [0.5, 0.6) is 0 Å². The second kappa shape index (κ2) is 4.75. The number of aromatic nitrogens is 3. The van der Waals surface area contributed by atoms with Gasteiger partial charge >= 0.3 is 5.97 Å². The predicted octanol–water partition coefficient (Wildman–Crippen LogP) is 2.11. The van der Waals surface area contributed by atoms with Crippen LogP contribution in [0.1, 0.15) is 6.42 Å². The number of aryl methyl sites for hydroxylation is 1. The number of rotatable bonds is 3. The number of halogens is 1. The molecule has 2 heterocycles. The second-order valence-electron chi connectivity index (χ2n) is 4.43. The van der Waals surface area contributed by atoms with Gasteiger partial charge in [-0.05, 0) is 18.2 Å². The van der Waals surface area contributed by atoms with Crippen molar-refractivity contribution >= 4 is 43.8 Å². The minimum Gasteiger partial charge on any atom is -0.481 e. The van der Waals surface area contributed by atoms with Gasteiger partial charge in [0.1, 0.15) is 11.0 Å². The van der Waals surface area contributed by atoms with Gasteiger partial charge in [-0.1, -0.05) is 15.9 Å². The van der Waals surface area contributed by atoms with E-state index in [1.54, 1.807) is 0 Å². The van der Waals surface area contributed by atoms with E-state index in [-0.39, 0.29) is 18.5 Å². The molecule has 0 amide bonds. The number of nitrogens with one attached hydrogen (secondary N) is 1. The first-order valence-electron chi connectivity index (χ1n) is 5.94. The Kier molecular flexibility index (Phi) is 3.06. The minimum atomic E-state index is -0.947. The number of H-pyrrole nitrogens is 1. The van der Waals surface area contributed by atoms with Gasteiger partial charge in [-0.15, -0.1) is 0 Å². The second-order valence-corrected chi connectivity index (χ2v) is 5.34. The number of hydrogen-bond acceptors (Lipinski definition) is 3. The molecule has 0 atom stereocenters. The highest BCUT2D eigenvalue weighted by atomic mass is 79.9. The van der Waals surface area contributed by atoms with Gasteiger partial charge in [-0.3, -0.25) is 14.2 Å². The van der Waals surface area contributed by atoms with Crippen LogP contribution in [0.4, 0.5) is 0 Å². The van der Waals surface area contributed by atoms with Crippen molar-refractivity contribution in [2.75, 3.05) is 0 Å². The number of nitrogens with zero attached hydrogens (tertiary/aromatic N) is 2. The van der Waals surface area contributed by atoms with Crippen LogP contribution in [0.15, 0.2) is 33.8 Å². The monoisotopic (exact) mass is 335 g/mol. The van der Waals surface area contributed by atoms with Crippen LogP contribution in [-0.2, 0) is 11.3 Å². The number of aliphatic carboxylic acids is 1. The molecule has 0 bridgehead atoms. The average molecular weight is 336 g/mol. The van der Waals surface area contributed by atoms with E-state index in [0.717, 1.165) is 15.4 Å². The van der Waals surface area contributed by atoms with Crippen LogP contribution in [-0.4, -0.2) is 25.6 Å². The molecule has 102 valence electrons. The van der Waals surface area contributed by atoms with Crippen molar-refractivity contribution in [2.45, 2.75) is 13.0 Å². The Labute approximate surface area is 121 Å². The Morgan fingerprint density at radius 2 is 2.25 bits per heavy atom. The lowest BCUT2D eigenvalue weighted by Gasteiger charge is -2.02. The first-order valence-corrected chi connectivity index (χ1v) is 6.74. The summed E-state index contributed by atoms with van der Waals surface area (Å²) >= 11 is 3.39. The molecule has 0 unspecified atom stereocenters. The highest BCUT2D eigenvalue weighted by Gasteiger charge is 2.11. The molecule has 0 radical (unpaired) electrons. The number of carbonyl (C=O) groups is 1. The Hall–Kier alpha value is -2.15. The fourth-order valence-corrected chi connectivity index (χ4v) is 2.50. The van der Waals surface area contributed by atoms with E-state index in [9.17, 15) is 9.59 Å². The number of hydrogen-bond donors (Lipinski definition) is 2. The van der Waals surface area contributed by atoms with Crippen LogP contribution >= 0.6 is 15.9 Å². The van der Waals surface area contributed by atoms with E-state index < -0.39 is 5.97 Å². The summed E-state index contributed by atoms with van der Waals surface area (Å²) in [6.45, 7) is 0.107. The quantitative estimate of drug-likeness (QED) is 0.767. The van der Waals surface area contributed by atoms with E-state index >= 15 is 0 Å². The molecule has 0 aliphatic rings. The number of aromatic amines is 1. The lowest BCUT2D eigenvalue weighted by atomic mass is 10.2. The van der Waals surface area contributed by atoms with Crippen LogP contribution in [0.3, 0.4) is 0 Å². The summed E-state index contributed by atoms with van der Waals surface area (Å²) in [6.07, 6.45) is 1.28. The normalized spacial score (nSPS) is 11.2. The van der Waals surface area contributed by atoms with E-state index in [1.165, 1.54) is 10.9 Å². The minimum absolute atomic E-state index is 0.107. The van der Waals surface area contributed by atoms with E-state index in [4.69, 9.17) is 5.11 Å². The summed E-state index contributed by atoms with van der Waals surface area (Å²) in [5.74, 6) is -0.947. The van der Waals surface area contributed by atoms with Crippen molar-refractivity contribution in [1.29, 1.82) is 0 Å². The average Bonchev–Trinajstić information content (AvgIpc) is 2.77. The Morgan fingerprint density at radius 1 is 1.45 bits per heavy atom. The summed E-state index contributed by atoms with van der Waals surface area (Å²) in [5, 5.41) is 9.53. The molecular weight excluding hydrogens is 326 g/mol. The zero-order valence-corrected chi connectivity index (χ0v) is 11.8. The largest absolute Gasteiger partial charge is 0.481 e. The number of benzene rings is 1. The standard InChI is InChI=1S/C13H10BrN3O3/c14-7-1-2-9-8(5-7)11-12(16-9)13(20)17(6-15-11)4-3-10(18)19/h1-2,5-6,16H,3-4H2,(H,18,19). The summed E-state index contributed by atoms with van der Waals surface area (Å²) < 4.78 is 2.21. The lowest BCUT2D eigenvalue weighted by molar-refractivity contribution is -0.137. The predicted molar refractivity (Wildman–Crippen MR) is 77.8 cm³/mol. The van der Waals surface area contributed by atoms with Gasteiger partial charge in [0.25, 0.3) is 5.56 Å². The molecule has 6 nitrogen and oxygen atoms in total. The van der Waals surface area contributed by atoms with Crippen molar-refractivity contribution < 1.29 is 9.90 Å². The third-order valence-electron chi connectivity index (χ3n) is 3.10. The smallest absolute Gasteiger partial charge is 0.305 e. The van der Waals surface area contributed by atoms with Crippen molar-refractivity contribution in [1.82, 2.24) is 14.5 Å². The lowest BCUT2D eigenvalue weighted by Crippen LogP contribution is -2.21. The molecule has 0 fully saturated rings. The summed E-state index contributed by atoms with van der Waals surface area (Å²) in [6, 6.07) is 5.63. The molecule has 0 aliphatic carbocycles. The highest BCUT2D eigenvalue weighted by molar-refractivity contribution is 9.10.